The first-order valence-corrected chi connectivity index (χ1v) is 16.5. The Morgan fingerprint density at radius 1 is 1.00 bits per heavy atom. The molecule has 0 unspecified atom stereocenters. The van der Waals surface area contributed by atoms with E-state index in [0.29, 0.717) is 49.8 Å². The highest BCUT2D eigenvalue weighted by atomic mass is 19.3. The number of amides is 1. The Labute approximate surface area is 277 Å². The number of alkyl halides is 3. The van der Waals surface area contributed by atoms with Crippen molar-refractivity contribution < 1.29 is 47.2 Å². The first-order chi connectivity index (χ1) is 22.4. The number of ether oxygens (including phenoxy) is 2. The molecule has 264 valence electrons. The smallest absolute Gasteiger partial charge is 0.328 e. The van der Waals surface area contributed by atoms with Crippen LogP contribution in [0, 0.1) is 17.8 Å². The fourth-order valence-corrected chi connectivity index (χ4v) is 5.08. The van der Waals surface area contributed by atoms with Crippen LogP contribution in [-0.4, -0.2) is 60.9 Å². The molecule has 0 fully saturated rings. The van der Waals surface area contributed by atoms with Crippen molar-refractivity contribution in [2.75, 3.05) is 20.4 Å². The van der Waals surface area contributed by atoms with Gasteiger partial charge in [-0.05, 0) is 50.3 Å². The van der Waals surface area contributed by atoms with E-state index in [1.165, 1.54) is 6.08 Å². The first kappa shape index (κ1) is 41.5. The zero-order valence-electron chi connectivity index (χ0n) is 28.0. The Morgan fingerprint density at radius 3 is 2.17 bits per heavy atom. The van der Waals surface area contributed by atoms with Crippen molar-refractivity contribution in [1.29, 1.82) is 0 Å². The molecule has 0 heterocycles. The van der Waals surface area contributed by atoms with E-state index in [1.54, 1.807) is 31.2 Å². The summed E-state index contributed by atoms with van der Waals surface area (Å²) in [5, 5.41) is 25.2. The quantitative estimate of drug-likeness (QED) is 0.0599. The summed E-state index contributed by atoms with van der Waals surface area (Å²) in [6, 6.07) is 5.40. The van der Waals surface area contributed by atoms with Crippen molar-refractivity contribution in [3.63, 3.8) is 0 Å². The molecule has 47 heavy (non-hydrogen) atoms. The SMILES string of the molecule is CC#CCOc1ccc(C[C@H](NC(=O)[C@@H](/C=C/CCCCCCC(F)(F)CCCCCCC)[C@@](O)(CCF)C(=O)[O-])C(=O)OC)cc1. The van der Waals surface area contributed by atoms with Crippen LogP contribution in [0.2, 0.25) is 0 Å². The minimum absolute atomic E-state index is 0.0331. The van der Waals surface area contributed by atoms with Crippen LogP contribution in [0.1, 0.15) is 103 Å². The van der Waals surface area contributed by atoms with Gasteiger partial charge in [0, 0.05) is 25.7 Å². The van der Waals surface area contributed by atoms with E-state index in [0.717, 1.165) is 38.9 Å². The standard InChI is InChI=1S/C36H52F3NO7/c1-4-6-8-12-15-22-35(38,39)23-16-13-10-9-11-14-17-30(36(45,24-25-37)34(43)44)32(41)40-31(33(42)46-3)27-28-18-20-29(21-19-28)47-26-7-5-2/h14,17-21,30-31,45H,4,6,8-13,15-16,22-27H2,1-3H3,(H,40,41)(H,43,44)/p-1/b17-14+/t30-,31+,36+/m1/s1. The van der Waals surface area contributed by atoms with Crippen molar-refractivity contribution in [3.05, 3.63) is 42.0 Å². The molecular formula is C36H51F3NO7-. The van der Waals surface area contributed by atoms with Gasteiger partial charge in [0.1, 0.15) is 24.0 Å². The van der Waals surface area contributed by atoms with E-state index in [4.69, 9.17) is 9.47 Å². The normalized spacial score (nSPS) is 14.0. The maximum absolute atomic E-state index is 14.1. The third-order valence-corrected chi connectivity index (χ3v) is 7.92. The number of hydrogen-bond donors (Lipinski definition) is 2. The summed E-state index contributed by atoms with van der Waals surface area (Å²) in [4.78, 5) is 37.9. The molecule has 1 rings (SSSR count). The van der Waals surface area contributed by atoms with Crippen LogP contribution >= 0.6 is 0 Å². The minimum Gasteiger partial charge on any atom is -0.547 e. The summed E-state index contributed by atoms with van der Waals surface area (Å²) in [6.45, 7) is 2.72. The maximum Gasteiger partial charge on any atom is 0.328 e. The summed E-state index contributed by atoms with van der Waals surface area (Å²) in [6.07, 6.45) is 8.35. The second kappa shape index (κ2) is 22.9. The highest BCUT2D eigenvalue weighted by molar-refractivity contribution is 5.92. The average Bonchev–Trinajstić information content (AvgIpc) is 3.04. The Bertz CT molecular complexity index is 1160. The molecule has 0 spiro atoms. The van der Waals surface area contributed by atoms with Gasteiger partial charge in [-0.2, -0.15) is 0 Å². The van der Waals surface area contributed by atoms with Crippen molar-refractivity contribution in [1.82, 2.24) is 5.32 Å². The van der Waals surface area contributed by atoms with Crippen molar-refractivity contribution in [2.45, 2.75) is 121 Å². The van der Waals surface area contributed by atoms with Crippen LogP contribution in [0.4, 0.5) is 13.2 Å². The number of hydrogen-bond acceptors (Lipinski definition) is 7. The predicted octanol–water partition coefficient (Wildman–Crippen LogP) is 5.64. The average molecular weight is 667 g/mol. The largest absolute Gasteiger partial charge is 0.547 e. The number of nitrogens with one attached hydrogen (secondary N) is 1. The van der Waals surface area contributed by atoms with Gasteiger partial charge in [-0.15, -0.1) is 5.92 Å². The number of carboxylic acids is 1. The van der Waals surface area contributed by atoms with Crippen molar-refractivity contribution in [3.8, 4) is 17.6 Å². The molecule has 0 aliphatic heterocycles. The summed E-state index contributed by atoms with van der Waals surface area (Å²) in [5.41, 5.74) is -2.27. The highest BCUT2D eigenvalue weighted by Gasteiger charge is 2.42. The van der Waals surface area contributed by atoms with Gasteiger partial charge in [-0.25, -0.2) is 13.6 Å². The molecule has 11 heteroatoms. The first-order valence-electron chi connectivity index (χ1n) is 16.5. The van der Waals surface area contributed by atoms with E-state index in [1.807, 2.05) is 0 Å². The molecule has 1 amide bonds. The Balaban J connectivity index is 2.84. The van der Waals surface area contributed by atoms with Gasteiger partial charge < -0.3 is 29.8 Å². The number of carboxylic acid groups (broad SMARTS) is 1. The molecule has 0 bridgehead atoms. The van der Waals surface area contributed by atoms with E-state index in [9.17, 15) is 37.8 Å². The molecule has 0 aromatic heterocycles. The fourth-order valence-electron chi connectivity index (χ4n) is 5.08. The number of unbranched alkanes of at least 4 members (excludes halogenated alkanes) is 8. The number of carbonyl (C=O) groups excluding carboxylic acids is 3. The number of rotatable bonds is 25. The zero-order chi connectivity index (χ0) is 35.1. The van der Waals surface area contributed by atoms with Crippen LogP contribution in [-0.2, 0) is 25.5 Å². The highest BCUT2D eigenvalue weighted by Crippen LogP contribution is 2.29. The lowest BCUT2D eigenvalue weighted by Gasteiger charge is -2.34. The fraction of sp³-hybridized carbons (Fsp3) is 0.639. The van der Waals surface area contributed by atoms with Crippen LogP contribution in [0.15, 0.2) is 36.4 Å². The Kier molecular flexibility index (Phi) is 20.2. The number of aliphatic hydroxyl groups is 1. The zero-order valence-corrected chi connectivity index (χ0v) is 28.0. The molecule has 0 aliphatic rings. The Morgan fingerprint density at radius 2 is 1.62 bits per heavy atom. The molecule has 1 aromatic rings. The number of halogens is 3. The molecule has 2 N–H and O–H groups in total. The van der Waals surface area contributed by atoms with Crippen LogP contribution < -0.4 is 15.2 Å². The van der Waals surface area contributed by atoms with Gasteiger partial charge in [0.05, 0.1) is 25.7 Å². The second-order valence-corrected chi connectivity index (χ2v) is 11.7. The van der Waals surface area contributed by atoms with Crippen LogP contribution in [0.25, 0.3) is 0 Å². The topological polar surface area (TPSA) is 125 Å². The molecule has 1 aromatic carbocycles. The number of esters is 1. The van der Waals surface area contributed by atoms with Gasteiger partial charge >= 0.3 is 5.97 Å². The van der Waals surface area contributed by atoms with E-state index < -0.39 is 54.4 Å². The van der Waals surface area contributed by atoms with E-state index in [-0.39, 0.29) is 25.9 Å². The third-order valence-electron chi connectivity index (χ3n) is 7.92. The van der Waals surface area contributed by atoms with E-state index in [2.05, 4.69) is 24.1 Å². The van der Waals surface area contributed by atoms with Crippen molar-refractivity contribution >= 4 is 17.8 Å². The predicted molar refractivity (Wildman–Crippen MR) is 172 cm³/mol. The second-order valence-electron chi connectivity index (χ2n) is 11.7. The van der Waals surface area contributed by atoms with Gasteiger partial charge in [-0.1, -0.05) is 75.7 Å². The lowest BCUT2D eigenvalue weighted by atomic mass is 9.83. The molecular weight excluding hydrogens is 615 g/mol. The summed E-state index contributed by atoms with van der Waals surface area (Å²) in [7, 11) is 1.13. The molecule has 3 atom stereocenters. The van der Waals surface area contributed by atoms with Crippen LogP contribution in [0.3, 0.4) is 0 Å². The minimum atomic E-state index is -2.89. The molecule has 0 saturated carbocycles. The van der Waals surface area contributed by atoms with Gasteiger partial charge in [-0.3, -0.25) is 9.18 Å². The molecule has 0 radical (unpaired) electrons. The van der Waals surface area contributed by atoms with Gasteiger partial charge in [0.15, 0.2) is 0 Å². The summed E-state index contributed by atoms with van der Waals surface area (Å²) < 4.78 is 51.9. The molecule has 0 aliphatic carbocycles. The number of allylic oxidation sites excluding steroid dienone is 1. The molecule has 8 nitrogen and oxygen atoms in total. The lowest BCUT2D eigenvalue weighted by Crippen LogP contribution is -2.59. The van der Waals surface area contributed by atoms with E-state index >= 15 is 0 Å². The molecule has 0 saturated heterocycles. The van der Waals surface area contributed by atoms with Gasteiger partial charge in [0.2, 0.25) is 11.8 Å². The Hall–Kier alpha value is -3.52. The number of benzene rings is 1. The lowest BCUT2D eigenvalue weighted by molar-refractivity contribution is -0.327. The van der Waals surface area contributed by atoms with Crippen LogP contribution in [0.5, 0.6) is 5.75 Å². The number of methoxy groups -OCH3 is 1. The third kappa shape index (κ3) is 16.2. The van der Waals surface area contributed by atoms with Gasteiger partial charge in [0.25, 0.3) is 0 Å². The maximum atomic E-state index is 14.1. The summed E-state index contributed by atoms with van der Waals surface area (Å²) in [5.74, 6) is -2.34. The number of aliphatic carboxylic acids is 1. The van der Waals surface area contributed by atoms with Crippen molar-refractivity contribution in [2.24, 2.45) is 5.92 Å². The summed E-state index contributed by atoms with van der Waals surface area (Å²) >= 11 is 0. The monoisotopic (exact) mass is 666 g/mol. The number of carbonyl (C=O) groups is 3.